The number of nitrogens with one attached hydrogen (secondary N) is 1. The van der Waals surface area contributed by atoms with Gasteiger partial charge in [0.05, 0.1) is 5.69 Å². The lowest BCUT2D eigenvalue weighted by Crippen LogP contribution is -2.14. The molecule has 1 amide bonds. The van der Waals surface area contributed by atoms with E-state index in [2.05, 4.69) is 24.3 Å². The summed E-state index contributed by atoms with van der Waals surface area (Å²) in [6.45, 7) is 4.96. The van der Waals surface area contributed by atoms with Gasteiger partial charge in [-0.05, 0) is 41.8 Å². The third-order valence-electron chi connectivity index (χ3n) is 3.92. The summed E-state index contributed by atoms with van der Waals surface area (Å²) in [5, 5.41) is 7.33. The second-order valence-corrected chi connectivity index (χ2v) is 6.55. The van der Waals surface area contributed by atoms with E-state index in [0.29, 0.717) is 22.9 Å². The van der Waals surface area contributed by atoms with Crippen molar-refractivity contribution in [1.82, 2.24) is 9.78 Å². The summed E-state index contributed by atoms with van der Waals surface area (Å²) in [4.78, 5) is 23.3. The largest absolute Gasteiger partial charge is 0.321 e. The molecule has 5 heteroatoms. The van der Waals surface area contributed by atoms with Crippen molar-refractivity contribution >= 4 is 17.9 Å². The van der Waals surface area contributed by atoms with E-state index < -0.39 is 0 Å². The van der Waals surface area contributed by atoms with Crippen LogP contribution in [-0.2, 0) is 6.54 Å². The minimum atomic E-state index is -0.274. The molecule has 1 N–H and O–H groups in total. The normalized spacial score (nSPS) is 10.7. The molecule has 1 heterocycles. The Morgan fingerprint density at radius 2 is 1.81 bits per heavy atom. The zero-order valence-corrected chi connectivity index (χ0v) is 14.8. The van der Waals surface area contributed by atoms with Crippen molar-refractivity contribution in [2.75, 3.05) is 5.32 Å². The summed E-state index contributed by atoms with van der Waals surface area (Å²) in [6, 6.07) is 18.4. The molecule has 0 radical (unpaired) electrons. The van der Waals surface area contributed by atoms with Crippen molar-refractivity contribution in [3.8, 4) is 11.3 Å². The van der Waals surface area contributed by atoms with E-state index in [1.807, 2.05) is 41.1 Å². The van der Waals surface area contributed by atoms with Crippen LogP contribution < -0.4 is 5.32 Å². The molecule has 1 aromatic heterocycles. The van der Waals surface area contributed by atoms with E-state index in [9.17, 15) is 9.59 Å². The molecule has 0 atom stereocenters. The van der Waals surface area contributed by atoms with Crippen LogP contribution in [0.3, 0.4) is 0 Å². The molecule has 0 saturated carbocycles. The molecule has 0 aliphatic heterocycles. The van der Waals surface area contributed by atoms with Gasteiger partial charge in [-0.25, -0.2) is 0 Å². The van der Waals surface area contributed by atoms with Crippen molar-refractivity contribution in [2.45, 2.75) is 20.4 Å². The van der Waals surface area contributed by atoms with E-state index in [1.165, 1.54) is 0 Å². The maximum Gasteiger partial charge on any atom is 0.276 e. The van der Waals surface area contributed by atoms with Gasteiger partial charge < -0.3 is 5.32 Å². The molecule has 0 saturated heterocycles. The van der Waals surface area contributed by atoms with E-state index >= 15 is 0 Å². The van der Waals surface area contributed by atoms with Gasteiger partial charge in [-0.2, -0.15) is 5.10 Å². The second-order valence-electron chi connectivity index (χ2n) is 6.55. The van der Waals surface area contributed by atoms with Crippen LogP contribution in [0.5, 0.6) is 0 Å². The summed E-state index contributed by atoms with van der Waals surface area (Å²) in [6.07, 6.45) is 0.769. The van der Waals surface area contributed by atoms with Gasteiger partial charge in [0.15, 0.2) is 5.69 Å². The smallest absolute Gasteiger partial charge is 0.276 e. The number of rotatable bonds is 6. The van der Waals surface area contributed by atoms with Crippen molar-refractivity contribution in [3.05, 3.63) is 71.9 Å². The van der Waals surface area contributed by atoms with E-state index in [0.717, 1.165) is 24.1 Å². The van der Waals surface area contributed by atoms with Crippen LogP contribution in [0, 0.1) is 5.92 Å². The van der Waals surface area contributed by atoms with Crippen molar-refractivity contribution in [1.29, 1.82) is 0 Å². The predicted molar refractivity (Wildman–Crippen MR) is 102 cm³/mol. The fourth-order valence-corrected chi connectivity index (χ4v) is 2.69. The first-order valence-corrected chi connectivity index (χ1v) is 8.56. The van der Waals surface area contributed by atoms with Crippen molar-refractivity contribution in [2.24, 2.45) is 5.92 Å². The minimum Gasteiger partial charge on any atom is -0.321 e. The van der Waals surface area contributed by atoms with Crippen molar-refractivity contribution in [3.63, 3.8) is 0 Å². The first-order chi connectivity index (χ1) is 12.6. The molecule has 0 bridgehead atoms. The highest BCUT2D eigenvalue weighted by molar-refractivity contribution is 6.03. The summed E-state index contributed by atoms with van der Waals surface area (Å²) < 4.78 is 1.88. The lowest BCUT2D eigenvalue weighted by molar-refractivity contribution is 0.102. The van der Waals surface area contributed by atoms with Crippen LogP contribution in [0.4, 0.5) is 5.69 Å². The van der Waals surface area contributed by atoms with E-state index in [1.54, 1.807) is 24.3 Å². The Morgan fingerprint density at radius 3 is 2.42 bits per heavy atom. The molecular formula is C21H21N3O2. The number of amides is 1. The highest BCUT2D eigenvalue weighted by Crippen LogP contribution is 2.22. The average Bonchev–Trinajstić information content (AvgIpc) is 3.06. The average molecular weight is 347 g/mol. The Bertz CT molecular complexity index is 897. The van der Waals surface area contributed by atoms with E-state index in [-0.39, 0.29) is 5.91 Å². The van der Waals surface area contributed by atoms with Crippen LogP contribution in [0.2, 0.25) is 0 Å². The van der Waals surface area contributed by atoms with Crippen LogP contribution in [0.1, 0.15) is 34.7 Å². The highest BCUT2D eigenvalue weighted by atomic mass is 16.2. The molecule has 0 aliphatic rings. The van der Waals surface area contributed by atoms with Crippen LogP contribution in [0.15, 0.2) is 60.7 Å². The summed E-state index contributed by atoms with van der Waals surface area (Å²) >= 11 is 0. The molecule has 3 rings (SSSR count). The van der Waals surface area contributed by atoms with Gasteiger partial charge in [-0.15, -0.1) is 0 Å². The molecule has 3 aromatic rings. The minimum absolute atomic E-state index is 0.274. The lowest BCUT2D eigenvalue weighted by Gasteiger charge is -2.09. The zero-order valence-electron chi connectivity index (χ0n) is 14.8. The number of carbonyl (C=O) groups excluding carboxylic acids is 2. The van der Waals surface area contributed by atoms with Gasteiger partial charge in [-0.3, -0.25) is 14.3 Å². The molecular weight excluding hydrogens is 326 g/mol. The first-order valence-electron chi connectivity index (χ1n) is 8.56. The molecule has 132 valence electrons. The molecule has 0 fully saturated rings. The third-order valence-corrected chi connectivity index (χ3v) is 3.92. The molecule has 0 unspecified atom stereocenters. The summed E-state index contributed by atoms with van der Waals surface area (Å²) in [7, 11) is 0. The standard InChI is InChI=1S/C21H21N3O2/c1-15(2)13-24-20(17-6-4-3-5-7-17)12-19(23-24)21(26)22-18-10-8-16(14-25)9-11-18/h3-12,14-15H,13H2,1-2H3,(H,22,26). The van der Waals surface area contributed by atoms with Gasteiger partial charge in [0.25, 0.3) is 5.91 Å². The number of hydrogen-bond donors (Lipinski definition) is 1. The molecule has 0 spiro atoms. The number of hydrogen-bond acceptors (Lipinski definition) is 3. The fraction of sp³-hybridized carbons (Fsp3) is 0.190. The molecule has 2 aromatic carbocycles. The van der Waals surface area contributed by atoms with E-state index in [4.69, 9.17) is 0 Å². The Morgan fingerprint density at radius 1 is 1.12 bits per heavy atom. The maximum absolute atomic E-state index is 12.6. The van der Waals surface area contributed by atoms with Gasteiger partial charge in [0, 0.05) is 17.8 Å². The first kappa shape index (κ1) is 17.6. The quantitative estimate of drug-likeness (QED) is 0.677. The topological polar surface area (TPSA) is 64.0 Å². The van der Waals surface area contributed by atoms with Crippen LogP contribution in [0.25, 0.3) is 11.3 Å². The van der Waals surface area contributed by atoms with Crippen LogP contribution in [-0.4, -0.2) is 22.0 Å². The van der Waals surface area contributed by atoms with Gasteiger partial charge in [0.1, 0.15) is 6.29 Å². The van der Waals surface area contributed by atoms with Gasteiger partial charge in [-0.1, -0.05) is 44.2 Å². The molecule has 5 nitrogen and oxygen atoms in total. The number of aldehydes is 1. The summed E-state index contributed by atoms with van der Waals surface area (Å²) in [5.74, 6) is 0.132. The van der Waals surface area contributed by atoms with Gasteiger partial charge >= 0.3 is 0 Å². The number of nitrogens with zero attached hydrogens (tertiary/aromatic N) is 2. The lowest BCUT2D eigenvalue weighted by atomic mass is 10.1. The number of aromatic nitrogens is 2. The van der Waals surface area contributed by atoms with Crippen molar-refractivity contribution < 1.29 is 9.59 Å². The Labute approximate surface area is 152 Å². The van der Waals surface area contributed by atoms with Crippen LogP contribution >= 0.6 is 0 Å². The predicted octanol–water partition coefficient (Wildman–Crippen LogP) is 4.27. The second kappa shape index (κ2) is 7.78. The van der Waals surface area contributed by atoms with Gasteiger partial charge in [0.2, 0.25) is 0 Å². The Balaban J connectivity index is 1.87. The Kier molecular flexibility index (Phi) is 5.27. The molecule has 0 aliphatic carbocycles. The fourth-order valence-electron chi connectivity index (χ4n) is 2.69. The third kappa shape index (κ3) is 4.06. The number of anilines is 1. The maximum atomic E-state index is 12.6. The zero-order chi connectivity index (χ0) is 18.5. The monoisotopic (exact) mass is 347 g/mol. The number of carbonyl (C=O) groups is 2. The highest BCUT2D eigenvalue weighted by Gasteiger charge is 2.16. The number of benzene rings is 2. The Hall–Kier alpha value is -3.21. The molecule has 26 heavy (non-hydrogen) atoms. The summed E-state index contributed by atoms with van der Waals surface area (Å²) in [5.41, 5.74) is 3.50. The SMILES string of the molecule is CC(C)Cn1nc(C(=O)Nc2ccc(C=O)cc2)cc1-c1ccccc1.